The molecule has 1 unspecified atom stereocenters. The smallest absolute Gasteiger partial charge is 0.271 e. The molecule has 2 aromatic heterocycles. The molecule has 1 saturated carbocycles. The van der Waals surface area contributed by atoms with Gasteiger partial charge in [0.25, 0.3) is 5.91 Å². The molecule has 7 heteroatoms. The van der Waals surface area contributed by atoms with Crippen molar-refractivity contribution in [2.75, 3.05) is 26.2 Å². The Hall–Kier alpha value is -2.28. The predicted octanol–water partition coefficient (Wildman–Crippen LogP) is 3.77. The van der Waals surface area contributed by atoms with Crippen LogP contribution in [0.15, 0.2) is 22.8 Å². The molecule has 32 heavy (non-hydrogen) atoms. The highest BCUT2D eigenvalue weighted by atomic mass is 16.3. The SMILES string of the molecule is CC1(C(=O)NC2CCCCC2)Cn2c(cc3occc32)C(=O)N1CCCN1CCCCC1. The minimum atomic E-state index is -0.910. The lowest BCUT2D eigenvalue weighted by molar-refractivity contribution is -0.133. The average Bonchev–Trinajstić information content (AvgIpc) is 3.40. The van der Waals surface area contributed by atoms with Crippen LogP contribution in [0.5, 0.6) is 0 Å². The third-order valence-electron chi connectivity index (χ3n) is 7.78. The number of likely N-dealkylation sites (tertiary alicyclic amines) is 1. The van der Waals surface area contributed by atoms with Crippen molar-refractivity contribution in [2.24, 2.45) is 0 Å². The zero-order chi connectivity index (χ0) is 22.1. The Labute approximate surface area is 190 Å². The van der Waals surface area contributed by atoms with Gasteiger partial charge in [-0.1, -0.05) is 25.7 Å². The predicted molar refractivity (Wildman–Crippen MR) is 124 cm³/mol. The van der Waals surface area contributed by atoms with Crippen molar-refractivity contribution in [3.63, 3.8) is 0 Å². The summed E-state index contributed by atoms with van der Waals surface area (Å²) >= 11 is 0. The molecule has 1 atom stereocenters. The molecule has 0 aromatic carbocycles. The van der Waals surface area contributed by atoms with E-state index in [4.69, 9.17) is 4.42 Å². The fraction of sp³-hybridized carbons (Fsp3) is 0.680. The maximum atomic E-state index is 13.7. The highest BCUT2D eigenvalue weighted by molar-refractivity contribution is 6.02. The Kier molecular flexibility index (Phi) is 6.01. The topological polar surface area (TPSA) is 70.7 Å². The monoisotopic (exact) mass is 440 g/mol. The molecule has 7 nitrogen and oxygen atoms in total. The molecule has 5 rings (SSSR count). The lowest BCUT2D eigenvalue weighted by Crippen LogP contribution is -2.65. The molecule has 0 radical (unpaired) electrons. The van der Waals surface area contributed by atoms with Crippen molar-refractivity contribution in [2.45, 2.75) is 82.8 Å². The minimum Gasteiger partial charge on any atom is -0.463 e. The number of nitrogens with one attached hydrogen (secondary N) is 1. The standard InChI is InChI=1S/C25H36N4O3/c1-25(24(31)26-19-9-4-2-5-10-19)18-28-20-11-16-32-22(20)17-21(28)23(30)29(25)15-8-14-27-12-6-3-7-13-27/h11,16-17,19H,2-10,12-15,18H2,1H3,(H,26,31). The van der Waals surface area contributed by atoms with E-state index in [0.29, 0.717) is 24.4 Å². The molecule has 1 saturated heterocycles. The quantitative estimate of drug-likeness (QED) is 0.742. The van der Waals surface area contributed by atoms with E-state index in [9.17, 15) is 9.59 Å². The zero-order valence-corrected chi connectivity index (χ0v) is 19.3. The summed E-state index contributed by atoms with van der Waals surface area (Å²) in [7, 11) is 0. The van der Waals surface area contributed by atoms with Crippen LogP contribution in [0.25, 0.3) is 11.1 Å². The van der Waals surface area contributed by atoms with Crippen LogP contribution in [0.4, 0.5) is 0 Å². The molecular formula is C25H36N4O3. The first-order chi connectivity index (χ1) is 15.6. The van der Waals surface area contributed by atoms with Gasteiger partial charge in [0.1, 0.15) is 11.2 Å². The molecule has 1 aliphatic carbocycles. The van der Waals surface area contributed by atoms with Crippen LogP contribution >= 0.6 is 0 Å². The lowest BCUT2D eigenvalue weighted by atomic mass is 9.91. The molecule has 2 amide bonds. The van der Waals surface area contributed by atoms with Gasteiger partial charge in [-0.25, -0.2) is 0 Å². The van der Waals surface area contributed by atoms with E-state index >= 15 is 0 Å². The normalized spacial score (nSPS) is 25.3. The van der Waals surface area contributed by atoms with Crippen LogP contribution < -0.4 is 5.32 Å². The van der Waals surface area contributed by atoms with Crippen molar-refractivity contribution in [3.05, 3.63) is 24.1 Å². The second kappa shape index (κ2) is 8.93. The van der Waals surface area contributed by atoms with Crippen LogP contribution in [0.2, 0.25) is 0 Å². The van der Waals surface area contributed by atoms with E-state index < -0.39 is 5.54 Å². The van der Waals surface area contributed by atoms with Crippen LogP contribution in [-0.4, -0.2) is 63.9 Å². The molecular weight excluding hydrogens is 404 g/mol. The third kappa shape index (κ3) is 3.96. The summed E-state index contributed by atoms with van der Waals surface area (Å²) in [5, 5.41) is 3.30. The van der Waals surface area contributed by atoms with E-state index in [1.807, 2.05) is 28.5 Å². The maximum Gasteiger partial charge on any atom is 0.271 e. The maximum absolute atomic E-state index is 13.7. The van der Waals surface area contributed by atoms with E-state index in [-0.39, 0.29) is 17.9 Å². The highest BCUT2D eigenvalue weighted by Gasteiger charge is 2.48. The number of fused-ring (bicyclic) bond motifs is 3. The van der Waals surface area contributed by atoms with Gasteiger partial charge < -0.3 is 24.1 Å². The molecule has 3 aliphatic rings. The van der Waals surface area contributed by atoms with E-state index in [1.54, 1.807) is 6.26 Å². The van der Waals surface area contributed by atoms with Crippen LogP contribution in [0.3, 0.4) is 0 Å². The zero-order valence-electron chi connectivity index (χ0n) is 19.3. The Morgan fingerprint density at radius 2 is 1.88 bits per heavy atom. The number of aromatic nitrogens is 1. The number of piperidine rings is 1. The van der Waals surface area contributed by atoms with Gasteiger partial charge in [0.2, 0.25) is 5.91 Å². The Morgan fingerprint density at radius 3 is 2.66 bits per heavy atom. The Balaban J connectivity index is 1.38. The number of carbonyl (C=O) groups excluding carboxylic acids is 2. The number of nitrogens with zero attached hydrogens (tertiary/aromatic N) is 3. The second-order valence-corrected chi connectivity index (χ2v) is 10.1. The van der Waals surface area contributed by atoms with Crippen LogP contribution in [0, 0.1) is 0 Å². The second-order valence-electron chi connectivity index (χ2n) is 10.1. The van der Waals surface area contributed by atoms with Crippen molar-refractivity contribution in [3.8, 4) is 0 Å². The number of furan rings is 1. The molecule has 174 valence electrons. The number of amides is 2. The summed E-state index contributed by atoms with van der Waals surface area (Å²) in [6.07, 6.45) is 12.0. The summed E-state index contributed by atoms with van der Waals surface area (Å²) in [5.74, 6) is -0.0886. The first-order valence-electron chi connectivity index (χ1n) is 12.5. The van der Waals surface area contributed by atoms with Crippen molar-refractivity contribution < 1.29 is 14.0 Å². The van der Waals surface area contributed by atoms with Gasteiger partial charge in [-0.2, -0.15) is 0 Å². The summed E-state index contributed by atoms with van der Waals surface area (Å²) in [5.41, 5.74) is 1.31. The van der Waals surface area contributed by atoms with Gasteiger partial charge in [0.05, 0.1) is 18.3 Å². The minimum absolute atomic E-state index is 0.0216. The van der Waals surface area contributed by atoms with Crippen LogP contribution in [0.1, 0.15) is 75.2 Å². The first kappa shape index (κ1) is 21.6. The Morgan fingerprint density at radius 1 is 1.12 bits per heavy atom. The van der Waals surface area contributed by atoms with Gasteiger partial charge in [-0.3, -0.25) is 9.59 Å². The molecule has 4 heterocycles. The highest BCUT2D eigenvalue weighted by Crippen LogP contribution is 2.33. The number of rotatable bonds is 6. The van der Waals surface area contributed by atoms with Gasteiger partial charge in [0.15, 0.2) is 5.58 Å². The van der Waals surface area contributed by atoms with Gasteiger partial charge >= 0.3 is 0 Å². The number of hydrogen-bond donors (Lipinski definition) is 1. The lowest BCUT2D eigenvalue weighted by Gasteiger charge is -2.45. The van der Waals surface area contributed by atoms with Crippen molar-refractivity contribution >= 4 is 22.9 Å². The van der Waals surface area contributed by atoms with Gasteiger partial charge in [-0.05, 0) is 58.7 Å². The summed E-state index contributed by atoms with van der Waals surface area (Å²) < 4.78 is 7.54. The average molecular weight is 441 g/mol. The van der Waals surface area contributed by atoms with Gasteiger partial charge in [0, 0.05) is 24.7 Å². The van der Waals surface area contributed by atoms with Crippen molar-refractivity contribution in [1.29, 1.82) is 0 Å². The Bertz CT molecular complexity index is 967. The molecule has 2 aromatic rings. The molecule has 0 bridgehead atoms. The number of hydrogen-bond acceptors (Lipinski definition) is 4. The molecule has 2 aliphatic heterocycles. The van der Waals surface area contributed by atoms with E-state index in [1.165, 1.54) is 25.7 Å². The van der Waals surface area contributed by atoms with Crippen molar-refractivity contribution in [1.82, 2.24) is 19.7 Å². The summed E-state index contributed by atoms with van der Waals surface area (Å²) in [6, 6.07) is 3.93. The molecule has 2 fully saturated rings. The molecule has 1 N–H and O–H groups in total. The van der Waals surface area contributed by atoms with E-state index in [2.05, 4.69) is 10.2 Å². The fourth-order valence-corrected chi connectivity index (χ4v) is 5.85. The third-order valence-corrected chi connectivity index (χ3v) is 7.78. The van der Waals surface area contributed by atoms with E-state index in [0.717, 1.165) is 57.3 Å². The van der Waals surface area contributed by atoms with Gasteiger partial charge in [-0.15, -0.1) is 0 Å². The summed E-state index contributed by atoms with van der Waals surface area (Å²) in [6.45, 7) is 6.27. The van der Waals surface area contributed by atoms with Crippen LogP contribution in [-0.2, 0) is 11.3 Å². The largest absolute Gasteiger partial charge is 0.463 e. The fourth-order valence-electron chi connectivity index (χ4n) is 5.85. The number of carbonyl (C=O) groups is 2. The first-order valence-corrected chi connectivity index (χ1v) is 12.5. The molecule has 0 spiro atoms. The summed E-state index contributed by atoms with van der Waals surface area (Å²) in [4.78, 5) is 31.6.